The number of para-hydroxylation sites is 1. The van der Waals surface area contributed by atoms with Crippen LogP contribution < -0.4 is 10.2 Å². The van der Waals surface area contributed by atoms with E-state index >= 15 is 0 Å². The summed E-state index contributed by atoms with van der Waals surface area (Å²) in [5.41, 5.74) is 0.918. The zero-order valence-electron chi connectivity index (χ0n) is 11.0. The maximum atomic E-state index is 4.47. The minimum absolute atomic E-state index is 0.497. The SMILES string of the molecule is CCN(CC)c1cnnc(Nc2ccccc2Br)n1. The lowest BCUT2D eigenvalue weighted by molar-refractivity contribution is 0.826. The normalized spacial score (nSPS) is 10.3. The highest BCUT2D eigenvalue weighted by molar-refractivity contribution is 9.10. The molecule has 0 fully saturated rings. The maximum Gasteiger partial charge on any atom is 0.249 e. The van der Waals surface area contributed by atoms with E-state index in [-0.39, 0.29) is 0 Å². The summed E-state index contributed by atoms with van der Waals surface area (Å²) in [6.07, 6.45) is 1.68. The zero-order chi connectivity index (χ0) is 13.7. The number of hydrogen-bond acceptors (Lipinski definition) is 5. The molecule has 6 heteroatoms. The van der Waals surface area contributed by atoms with Gasteiger partial charge in [0, 0.05) is 17.6 Å². The molecule has 0 saturated carbocycles. The van der Waals surface area contributed by atoms with Crippen molar-refractivity contribution >= 4 is 33.4 Å². The standard InChI is InChI=1S/C13H16BrN5/c1-3-19(4-2)12-9-15-18-13(17-12)16-11-8-6-5-7-10(11)14/h5-9H,3-4H2,1-2H3,(H,16,17,18). The highest BCUT2D eigenvalue weighted by Gasteiger charge is 2.07. The highest BCUT2D eigenvalue weighted by Crippen LogP contribution is 2.24. The molecular formula is C13H16BrN5. The van der Waals surface area contributed by atoms with Crippen LogP contribution in [0.15, 0.2) is 34.9 Å². The summed E-state index contributed by atoms with van der Waals surface area (Å²) in [6, 6.07) is 7.83. The summed E-state index contributed by atoms with van der Waals surface area (Å²) in [4.78, 5) is 6.60. The molecule has 0 saturated heterocycles. The fraction of sp³-hybridized carbons (Fsp3) is 0.308. The quantitative estimate of drug-likeness (QED) is 0.916. The summed E-state index contributed by atoms with van der Waals surface area (Å²) in [5.74, 6) is 1.32. The van der Waals surface area contributed by atoms with Crippen molar-refractivity contribution in [3.63, 3.8) is 0 Å². The number of nitrogens with one attached hydrogen (secondary N) is 1. The fourth-order valence-electron chi connectivity index (χ4n) is 1.73. The van der Waals surface area contributed by atoms with E-state index in [4.69, 9.17) is 0 Å². The molecule has 1 heterocycles. The van der Waals surface area contributed by atoms with Crippen LogP contribution >= 0.6 is 15.9 Å². The molecule has 0 unspecified atom stereocenters. The molecule has 2 rings (SSSR count). The van der Waals surface area contributed by atoms with Gasteiger partial charge in [-0.1, -0.05) is 12.1 Å². The molecular weight excluding hydrogens is 306 g/mol. The van der Waals surface area contributed by atoms with E-state index in [1.165, 1.54) is 0 Å². The molecule has 0 atom stereocenters. The predicted octanol–water partition coefficient (Wildman–Crippen LogP) is 3.22. The molecule has 100 valence electrons. The van der Waals surface area contributed by atoms with E-state index in [0.717, 1.165) is 29.1 Å². The molecule has 0 spiro atoms. The van der Waals surface area contributed by atoms with Gasteiger partial charge in [0.2, 0.25) is 5.95 Å². The second kappa shape index (κ2) is 6.47. The highest BCUT2D eigenvalue weighted by atomic mass is 79.9. The zero-order valence-corrected chi connectivity index (χ0v) is 12.6. The molecule has 19 heavy (non-hydrogen) atoms. The monoisotopic (exact) mass is 321 g/mol. The fourth-order valence-corrected chi connectivity index (χ4v) is 2.11. The van der Waals surface area contributed by atoms with Crippen LogP contribution in [0, 0.1) is 0 Å². The second-order valence-electron chi connectivity index (χ2n) is 3.92. The number of rotatable bonds is 5. The molecule has 0 radical (unpaired) electrons. The number of benzene rings is 1. The molecule has 1 aromatic carbocycles. The summed E-state index contributed by atoms with van der Waals surface area (Å²) in [5, 5.41) is 11.2. The molecule has 0 aliphatic rings. The van der Waals surface area contributed by atoms with Crippen LogP contribution in [0.1, 0.15) is 13.8 Å². The van der Waals surface area contributed by atoms with Crippen LogP contribution in [0.25, 0.3) is 0 Å². The van der Waals surface area contributed by atoms with Gasteiger partial charge in [-0.05, 0) is 41.9 Å². The number of aromatic nitrogens is 3. The predicted molar refractivity (Wildman–Crippen MR) is 80.8 cm³/mol. The topological polar surface area (TPSA) is 53.9 Å². The second-order valence-corrected chi connectivity index (χ2v) is 4.77. The van der Waals surface area contributed by atoms with Gasteiger partial charge < -0.3 is 10.2 Å². The maximum absolute atomic E-state index is 4.47. The van der Waals surface area contributed by atoms with Crippen LogP contribution in [0.5, 0.6) is 0 Å². The summed E-state index contributed by atoms with van der Waals surface area (Å²) in [6.45, 7) is 5.96. The number of halogens is 1. The summed E-state index contributed by atoms with van der Waals surface area (Å²) < 4.78 is 0.965. The lowest BCUT2D eigenvalue weighted by atomic mass is 10.3. The Morgan fingerprint density at radius 1 is 1.21 bits per heavy atom. The van der Waals surface area contributed by atoms with Crippen LogP contribution in [-0.2, 0) is 0 Å². The third kappa shape index (κ3) is 3.41. The summed E-state index contributed by atoms with van der Waals surface area (Å²) >= 11 is 3.48. The van der Waals surface area contributed by atoms with Crippen molar-refractivity contribution in [1.82, 2.24) is 15.2 Å². The minimum Gasteiger partial charge on any atom is -0.356 e. The van der Waals surface area contributed by atoms with Crippen molar-refractivity contribution in [2.75, 3.05) is 23.3 Å². The van der Waals surface area contributed by atoms with Crippen molar-refractivity contribution < 1.29 is 0 Å². The first kappa shape index (κ1) is 13.7. The van der Waals surface area contributed by atoms with Crippen molar-refractivity contribution in [2.45, 2.75) is 13.8 Å². The largest absolute Gasteiger partial charge is 0.356 e. The first-order valence-electron chi connectivity index (χ1n) is 6.20. The van der Waals surface area contributed by atoms with E-state index < -0.39 is 0 Å². The van der Waals surface area contributed by atoms with Crippen LogP contribution in [0.3, 0.4) is 0 Å². The number of hydrogen-bond donors (Lipinski definition) is 1. The first-order chi connectivity index (χ1) is 9.24. The Bertz CT molecular complexity index is 542. The van der Waals surface area contributed by atoms with Crippen molar-refractivity contribution in [2.24, 2.45) is 0 Å². The van der Waals surface area contributed by atoms with E-state index in [2.05, 4.69) is 55.2 Å². The van der Waals surface area contributed by atoms with Gasteiger partial charge >= 0.3 is 0 Å². The third-order valence-corrected chi connectivity index (χ3v) is 3.45. The van der Waals surface area contributed by atoms with Crippen molar-refractivity contribution in [1.29, 1.82) is 0 Å². The molecule has 1 N–H and O–H groups in total. The summed E-state index contributed by atoms with van der Waals surface area (Å²) in [7, 11) is 0. The van der Waals surface area contributed by atoms with Gasteiger partial charge in [-0.2, -0.15) is 10.1 Å². The average Bonchev–Trinajstić information content (AvgIpc) is 2.43. The minimum atomic E-state index is 0.497. The Labute approximate surface area is 121 Å². The molecule has 0 aliphatic carbocycles. The van der Waals surface area contributed by atoms with Gasteiger partial charge in [0.15, 0.2) is 5.82 Å². The lowest BCUT2D eigenvalue weighted by Crippen LogP contribution is -2.23. The number of anilines is 3. The molecule has 2 aromatic rings. The van der Waals surface area contributed by atoms with Crippen molar-refractivity contribution in [3.8, 4) is 0 Å². The van der Waals surface area contributed by atoms with Crippen molar-refractivity contribution in [3.05, 3.63) is 34.9 Å². The average molecular weight is 322 g/mol. The van der Waals surface area contributed by atoms with Gasteiger partial charge in [0.25, 0.3) is 0 Å². The third-order valence-electron chi connectivity index (χ3n) is 2.75. The Hall–Kier alpha value is -1.69. The van der Waals surface area contributed by atoms with E-state index in [9.17, 15) is 0 Å². The Morgan fingerprint density at radius 2 is 1.95 bits per heavy atom. The van der Waals surface area contributed by atoms with Gasteiger partial charge in [0.1, 0.15) is 0 Å². The van der Waals surface area contributed by atoms with E-state index in [1.807, 2.05) is 24.3 Å². The number of nitrogens with zero attached hydrogens (tertiary/aromatic N) is 4. The first-order valence-corrected chi connectivity index (χ1v) is 7.00. The van der Waals surface area contributed by atoms with Gasteiger partial charge in [0.05, 0.1) is 11.9 Å². The van der Waals surface area contributed by atoms with Gasteiger partial charge in [-0.25, -0.2) is 0 Å². The van der Waals surface area contributed by atoms with Crippen LogP contribution in [0.2, 0.25) is 0 Å². The lowest BCUT2D eigenvalue weighted by Gasteiger charge is -2.19. The Kier molecular flexibility index (Phi) is 4.68. The smallest absolute Gasteiger partial charge is 0.249 e. The molecule has 5 nitrogen and oxygen atoms in total. The molecule has 0 amide bonds. The van der Waals surface area contributed by atoms with Gasteiger partial charge in [-0.3, -0.25) is 0 Å². The van der Waals surface area contributed by atoms with E-state index in [1.54, 1.807) is 6.20 Å². The Balaban J connectivity index is 2.22. The van der Waals surface area contributed by atoms with Crippen LogP contribution in [-0.4, -0.2) is 28.3 Å². The van der Waals surface area contributed by atoms with E-state index in [0.29, 0.717) is 5.95 Å². The Morgan fingerprint density at radius 3 is 2.63 bits per heavy atom. The van der Waals surface area contributed by atoms with Gasteiger partial charge in [-0.15, -0.1) is 5.10 Å². The molecule has 1 aromatic heterocycles. The molecule has 0 aliphatic heterocycles. The molecule has 0 bridgehead atoms. The van der Waals surface area contributed by atoms with Crippen LogP contribution in [0.4, 0.5) is 17.5 Å².